The molecule has 0 bridgehead atoms. The predicted molar refractivity (Wildman–Crippen MR) is 206 cm³/mol. The minimum Gasteiger partial charge on any atom is -0.135 e. The first-order chi connectivity index (χ1) is 23.3. The fourth-order valence-corrected chi connectivity index (χ4v) is 9.46. The lowest BCUT2D eigenvalue weighted by molar-refractivity contribution is 1.62. The summed E-state index contributed by atoms with van der Waals surface area (Å²) < 4.78 is 2.71. The van der Waals surface area contributed by atoms with Crippen LogP contribution in [0.3, 0.4) is 0 Å². The smallest absolute Gasteiger partial charge is 0.0433 e. The number of fused-ring (bicyclic) bond motifs is 11. The molecule has 11 rings (SSSR count). The van der Waals surface area contributed by atoms with Crippen LogP contribution in [0.1, 0.15) is 0 Å². The maximum Gasteiger partial charge on any atom is 0.0433 e. The van der Waals surface area contributed by atoms with E-state index in [1.54, 1.807) is 0 Å². The summed E-state index contributed by atoms with van der Waals surface area (Å²) >= 11 is 1.90. The van der Waals surface area contributed by atoms with Crippen LogP contribution < -0.4 is 0 Å². The second kappa shape index (κ2) is 9.39. The Balaban J connectivity index is 1.11. The van der Waals surface area contributed by atoms with Crippen LogP contribution in [-0.4, -0.2) is 0 Å². The van der Waals surface area contributed by atoms with Crippen molar-refractivity contribution in [2.24, 2.45) is 0 Å². The zero-order valence-corrected chi connectivity index (χ0v) is 26.2. The van der Waals surface area contributed by atoms with Crippen LogP contribution in [0, 0.1) is 0 Å². The van der Waals surface area contributed by atoms with E-state index in [2.05, 4.69) is 158 Å². The second-order valence-corrected chi connectivity index (χ2v) is 13.9. The number of hydrogen-bond donors (Lipinski definition) is 0. The average Bonchev–Trinajstić information content (AvgIpc) is 3.53. The monoisotopic (exact) mass is 610 g/mol. The van der Waals surface area contributed by atoms with Gasteiger partial charge in [0.25, 0.3) is 0 Å². The first-order valence-electron chi connectivity index (χ1n) is 16.3. The Morgan fingerprint density at radius 3 is 1.47 bits per heavy atom. The molecule has 0 aliphatic heterocycles. The molecular formula is C46H26S. The molecule has 0 N–H and O–H groups in total. The third-order valence-electron chi connectivity index (χ3n) is 10.4. The maximum absolute atomic E-state index is 2.42. The Labute approximate surface area is 275 Å². The highest BCUT2D eigenvalue weighted by Gasteiger charge is 2.17. The van der Waals surface area contributed by atoms with Crippen molar-refractivity contribution in [2.75, 3.05) is 0 Å². The number of thiophene rings is 1. The number of rotatable bonds is 2. The highest BCUT2D eigenvalue weighted by molar-refractivity contribution is 7.26. The molecule has 0 amide bonds. The van der Waals surface area contributed by atoms with Gasteiger partial charge in [-0.1, -0.05) is 133 Å². The number of benzene rings is 10. The summed E-state index contributed by atoms with van der Waals surface area (Å²) in [5.41, 5.74) is 4.97. The molecule has 1 heterocycles. The third kappa shape index (κ3) is 3.52. The van der Waals surface area contributed by atoms with Gasteiger partial charge < -0.3 is 0 Å². The molecule has 0 radical (unpaired) electrons. The zero-order chi connectivity index (χ0) is 30.6. The fraction of sp³-hybridized carbons (Fsp3) is 0. The van der Waals surface area contributed by atoms with E-state index in [0.29, 0.717) is 0 Å². The third-order valence-corrected chi connectivity index (χ3v) is 11.6. The predicted octanol–water partition coefficient (Wildman–Crippen LogP) is 13.7. The van der Waals surface area contributed by atoms with Gasteiger partial charge in [-0.3, -0.25) is 0 Å². The molecule has 0 spiro atoms. The summed E-state index contributed by atoms with van der Waals surface area (Å²) in [6, 6.07) is 58.9. The number of hydrogen-bond acceptors (Lipinski definition) is 1. The Morgan fingerprint density at radius 1 is 0.277 bits per heavy atom. The molecule has 47 heavy (non-hydrogen) atoms. The second-order valence-electron chi connectivity index (χ2n) is 12.8. The molecule has 0 aliphatic carbocycles. The lowest BCUT2D eigenvalue weighted by Gasteiger charge is -2.18. The van der Waals surface area contributed by atoms with Gasteiger partial charge in [-0.2, -0.15) is 0 Å². The van der Waals surface area contributed by atoms with Gasteiger partial charge in [0.1, 0.15) is 0 Å². The zero-order valence-electron chi connectivity index (χ0n) is 25.4. The molecule has 0 saturated carbocycles. The van der Waals surface area contributed by atoms with Crippen LogP contribution in [0.5, 0.6) is 0 Å². The van der Waals surface area contributed by atoms with Crippen LogP contribution in [0.2, 0.25) is 0 Å². The van der Waals surface area contributed by atoms with Crippen molar-refractivity contribution in [3.05, 3.63) is 158 Å². The van der Waals surface area contributed by atoms with Crippen molar-refractivity contribution < 1.29 is 0 Å². The van der Waals surface area contributed by atoms with Gasteiger partial charge in [-0.25, -0.2) is 0 Å². The normalized spacial score (nSPS) is 12.3. The van der Waals surface area contributed by atoms with E-state index in [1.807, 2.05) is 11.3 Å². The van der Waals surface area contributed by atoms with Crippen molar-refractivity contribution in [1.29, 1.82) is 0 Å². The van der Waals surface area contributed by atoms with Crippen LogP contribution in [0.25, 0.3) is 107 Å². The minimum atomic E-state index is 1.24. The lowest BCUT2D eigenvalue weighted by atomic mass is 9.85. The molecule has 0 unspecified atom stereocenters. The molecule has 0 nitrogen and oxygen atoms in total. The first-order valence-corrected chi connectivity index (χ1v) is 17.1. The van der Waals surface area contributed by atoms with E-state index < -0.39 is 0 Å². The van der Waals surface area contributed by atoms with Crippen LogP contribution >= 0.6 is 11.3 Å². The van der Waals surface area contributed by atoms with Crippen molar-refractivity contribution in [1.82, 2.24) is 0 Å². The van der Waals surface area contributed by atoms with Gasteiger partial charge in [0.15, 0.2) is 0 Å². The Hall–Kier alpha value is -5.76. The Bertz CT molecular complexity index is 3070. The van der Waals surface area contributed by atoms with Crippen LogP contribution in [0.15, 0.2) is 158 Å². The maximum atomic E-state index is 2.42. The van der Waals surface area contributed by atoms with E-state index in [-0.39, 0.29) is 0 Å². The van der Waals surface area contributed by atoms with E-state index in [4.69, 9.17) is 0 Å². The summed E-state index contributed by atoms with van der Waals surface area (Å²) in [4.78, 5) is 0. The SMILES string of the molecule is c1cc(-c2ccc3sc4c5ccccc5ccc4c3c2)cc(-c2ccc3c(c2)c2cccc4c5ccccc5c5cccc3c5c42)c1. The highest BCUT2D eigenvalue weighted by atomic mass is 32.1. The molecule has 1 heteroatoms. The van der Waals surface area contributed by atoms with Gasteiger partial charge >= 0.3 is 0 Å². The van der Waals surface area contributed by atoms with E-state index in [1.165, 1.54) is 107 Å². The summed E-state index contributed by atoms with van der Waals surface area (Å²) in [6.45, 7) is 0. The van der Waals surface area contributed by atoms with Gasteiger partial charge in [0.05, 0.1) is 0 Å². The summed E-state index contributed by atoms with van der Waals surface area (Å²) in [5.74, 6) is 0. The highest BCUT2D eigenvalue weighted by Crippen LogP contribution is 2.46. The molecule has 0 fully saturated rings. The Morgan fingerprint density at radius 2 is 0.766 bits per heavy atom. The first kappa shape index (κ1) is 25.4. The molecule has 10 aromatic carbocycles. The van der Waals surface area contributed by atoms with Gasteiger partial charge in [0.2, 0.25) is 0 Å². The Kier molecular flexibility index (Phi) is 5.08. The molecule has 216 valence electrons. The topological polar surface area (TPSA) is 0 Å². The molecule has 0 aliphatic rings. The van der Waals surface area contributed by atoms with Crippen LogP contribution in [0.4, 0.5) is 0 Å². The molecule has 0 atom stereocenters. The van der Waals surface area contributed by atoms with E-state index >= 15 is 0 Å². The molecule has 0 saturated heterocycles. The quantitative estimate of drug-likeness (QED) is 0.135. The molecule has 11 aromatic rings. The van der Waals surface area contributed by atoms with Crippen molar-refractivity contribution in [3.63, 3.8) is 0 Å². The standard InChI is InChI=1S/C46H26S/c1-2-11-32-27(8-1)18-22-40-42-26-31(20-23-43(42)47-46(32)40)29-10-5-9-28(24-29)30-19-21-35-38-16-6-14-36-33-12-3-4-13-34(33)37-15-7-17-39(41(35)25-30)45(37)44(36)38/h1-26H. The molecule has 1 aromatic heterocycles. The van der Waals surface area contributed by atoms with Crippen molar-refractivity contribution >= 4 is 96.1 Å². The largest absolute Gasteiger partial charge is 0.135 e. The average molecular weight is 611 g/mol. The summed E-state index contributed by atoms with van der Waals surface area (Å²) in [7, 11) is 0. The summed E-state index contributed by atoms with van der Waals surface area (Å²) in [6.07, 6.45) is 0. The van der Waals surface area contributed by atoms with Gasteiger partial charge in [-0.15, -0.1) is 11.3 Å². The lowest BCUT2D eigenvalue weighted by Crippen LogP contribution is -1.90. The van der Waals surface area contributed by atoms with E-state index in [9.17, 15) is 0 Å². The molecular weight excluding hydrogens is 585 g/mol. The fourth-order valence-electron chi connectivity index (χ4n) is 8.24. The van der Waals surface area contributed by atoms with Gasteiger partial charge in [0, 0.05) is 20.2 Å². The minimum absolute atomic E-state index is 1.24. The van der Waals surface area contributed by atoms with Crippen molar-refractivity contribution in [3.8, 4) is 22.3 Å². The summed E-state index contributed by atoms with van der Waals surface area (Å²) in [5, 5.41) is 18.7. The van der Waals surface area contributed by atoms with Crippen molar-refractivity contribution in [2.45, 2.75) is 0 Å². The van der Waals surface area contributed by atoms with Gasteiger partial charge in [-0.05, 0) is 111 Å². The van der Waals surface area contributed by atoms with Crippen LogP contribution in [-0.2, 0) is 0 Å². The van der Waals surface area contributed by atoms with E-state index in [0.717, 1.165) is 0 Å².